The molecule has 56 heavy (non-hydrogen) atoms. The van der Waals surface area contributed by atoms with Crippen molar-refractivity contribution in [3.8, 4) is 0 Å². The van der Waals surface area contributed by atoms with Crippen LogP contribution in [0.15, 0.2) is 0 Å². The van der Waals surface area contributed by atoms with E-state index in [0.29, 0.717) is 0 Å². The molecule has 0 aromatic carbocycles. The number of hydrogen-bond donors (Lipinski definition) is 16. The molecule has 0 aliphatic heterocycles. The van der Waals surface area contributed by atoms with E-state index in [0.717, 1.165) is 0 Å². The monoisotopic (exact) mass is 1190 g/mol. The SMILES string of the molecule is O=P(O)(O)C(O)P(=O)(O)OC(Cl)Cl.O=P(O)(O)C(O)P(=O)(O)OC(Cl)Cl.O=P(O)(O)C(O)P(=O)(O)OC(Cl)Cl.O=P(O)(O)C(O)P(=O)(O)OC(Cl)Cl.[NaH].[NaH].[NaH].[NaH]. The Kier molecular flexibility index (Phi) is 48.5. The van der Waals surface area contributed by atoms with Crippen LogP contribution >= 0.6 is 154 Å². The third-order valence-electron chi connectivity index (χ3n) is 3.29. The van der Waals surface area contributed by atoms with Crippen molar-refractivity contribution in [2.75, 3.05) is 0 Å². The Labute approximate surface area is 441 Å². The van der Waals surface area contributed by atoms with E-state index in [1.54, 1.807) is 0 Å². The quantitative estimate of drug-likeness (QED) is 0.0502. The van der Waals surface area contributed by atoms with Gasteiger partial charge < -0.3 is 79.1 Å². The molecule has 0 spiro atoms. The first kappa shape index (κ1) is 80.4. The van der Waals surface area contributed by atoms with Crippen LogP contribution < -0.4 is 0 Å². The van der Waals surface area contributed by atoms with Crippen molar-refractivity contribution < 1.29 is 134 Å². The van der Waals surface area contributed by atoms with E-state index < -0.39 is 103 Å². The molecule has 0 aliphatic carbocycles. The molecular weight excluding hydrogens is 1170 g/mol. The number of aliphatic hydroxyl groups excluding tert-OH is 4. The van der Waals surface area contributed by atoms with Crippen LogP contribution in [-0.2, 0) is 54.6 Å². The Morgan fingerprint density at radius 1 is 0.286 bits per heavy atom. The zero-order valence-corrected chi connectivity index (χ0v) is 36.5. The second-order valence-electron chi connectivity index (χ2n) is 7.46. The summed E-state index contributed by atoms with van der Waals surface area (Å²) in [5.74, 6) is 0. The van der Waals surface area contributed by atoms with Crippen molar-refractivity contribution in [3.63, 3.8) is 0 Å². The summed E-state index contributed by atoms with van der Waals surface area (Å²) in [6.45, 7) is 0. The van der Waals surface area contributed by atoms with Crippen molar-refractivity contribution >= 4 is 272 Å². The number of aliphatic hydroxyl groups is 4. The van der Waals surface area contributed by atoms with Gasteiger partial charge in [-0.2, -0.15) is 0 Å². The van der Waals surface area contributed by atoms with E-state index >= 15 is 0 Å². The molecule has 0 heterocycles. The topological polar surface area (TPSA) is 497 Å². The van der Waals surface area contributed by atoms with Gasteiger partial charge in [0.15, 0.2) is 0 Å². The average molecular weight is 1200 g/mol. The minimum atomic E-state index is -5.13. The van der Waals surface area contributed by atoms with E-state index in [-0.39, 0.29) is 118 Å². The molecule has 0 amide bonds. The Bertz CT molecular complexity index is 1270. The fraction of sp³-hybridized carbons (Fsp3) is 1.00. The molecule has 0 saturated heterocycles. The van der Waals surface area contributed by atoms with Gasteiger partial charge in [0.2, 0.25) is 20.1 Å². The van der Waals surface area contributed by atoms with Gasteiger partial charge in [0, 0.05) is 0 Å². The van der Waals surface area contributed by atoms with Crippen LogP contribution in [0, 0.1) is 0 Å². The fourth-order valence-corrected chi connectivity index (χ4v) is 12.3. The Balaban J connectivity index is -0.0000000893. The normalized spacial score (nSPS) is 18.5. The maximum absolute atomic E-state index is 10.8. The standard InChI is InChI=1S/4C2H6Cl2O7P2.4Na.4H/c4*3-1(4)11-13(9,10)2(5)12(6,7)8;;;;;;;;/h4*1-2,5H,(H,9,10)(H2,6,7,8);;;;;;;;. The molecule has 0 aromatic heterocycles. The van der Waals surface area contributed by atoms with Crippen LogP contribution in [0.3, 0.4) is 0 Å². The average Bonchev–Trinajstić information content (AvgIpc) is 2.82. The molecule has 16 N–H and O–H groups in total. The van der Waals surface area contributed by atoms with Crippen molar-refractivity contribution in [1.29, 1.82) is 0 Å². The van der Waals surface area contributed by atoms with Crippen molar-refractivity contribution in [3.05, 3.63) is 0 Å². The molecule has 0 saturated carbocycles. The van der Waals surface area contributed by atoms with Gasteiger partial charge in [-0.25, -0.2) is 0 Å². The van der Waals surface area contributed by atoms with Crippen molar-refractivity contribution in [1.82, 2.24) is 0 Å². The first-order valence-corrected chi connectivity index (χ1v) is 27.2. The molecule has 8 atom stereocenters. The van der Waals surface area contributed by atoms with E-state index in [2.05, 4.69) is 18.1 Å². The van der Waals surface area contributed by atoms with Crippen LogP contribution in [0.5, 0.6) is 0 Å². The van der Waals surface area contributed by atoms with E-state index in [9.17, 15) is 36.5 Å². The third-order valence-corrected chi connectivity index (χ3v) is 18.9. The predicted octanol–water partition coefficient (Wildman–Crippen LogP) is -0.981. The van der Waals surface area contributed by atoms with Crippen LogP contribution in [0.2, 0.25) is 0 Å². The zero-order valence-electron chi connectivity index (χ0n) is 23.3. The molecular formula is C8H28Cl8Na4O28P8. The summed E-state index contributed by atoms with van der Waals surface area (Å²) in [7, 11) is -40.3. The molecule has 0 aliphatic rings. The molecule has 0 rings (SSSR count). The van der Waals surface area contributed by atoms with Crippen molar-refractivity contribution in [2.45, 2.75) is 42.4 Å². The van der Waals surface area contributed by atoms with Gasteiger partial charge in [-0.1, -0.05) is 92.8 Å². The van der Waals surface area contributed by atoms with Gasteiger partial charge in [0.25, 0.3) is 22.3 Å². The van der Waals surface area contributed by atoms with Crippen LogP contribution in [0.1, 0.15) is 0 Å². The van der Waals surface area contributed by atoms with Crippen molar-refractivity contribution in [2.24, 2.45) is 0 Å². The Morgan fingerprint density at radius 3 is 0.429 bits per heavy atom. The van der Waals surface area contributed by atoms with Crippen LogP contribution in [-0.4, -0.2) is 240 Å². The molecule has 0 bridgehead atoms. The summed E-state index contributed by atoms with van der Waals surface area (Å²) in [4.78, 5) is 101. The van der Waals surface area contributed by atoms with Gasteiger partial charge in [0.05, 0.1) is 0 Å². The molecule has 0 fully saturated rings. The number of rotatable bonds is 16. The first-order valence-electron chi connectivity index (χ1n) is 10.4. The fourth-order valence-electron chi connectivity index (χ4n) is 1.43. The number of alkyl halides is 8. The summed E-state index contributed by atoms with van der Waals surface area (Å²) >= 11 is 39.2. The summed E-state index contributed by atoms with van der Waals surface area (Å²) in [6.07, 6.45) is 0. The van der Waals surface area contributed by atoms with Gasteiger partial charge >= 0.3 is 179 Å². The van der Waals surface area contributed by atoms with E-state index in [1.165, 1.54) is 0 Å². The third kappa shape index (κ3) is 39.4. The molecule has 8 unspecified atom stereocenters. The van der Waals surface area contributed by atoms with Gasteiger partial charge in [0.1, 0.15) is 0 Å². The van der Waals surface area contributed by atoms with Crippen LogP contribution in [0.25, 0.3) is 0 Å². The van der Waals surface area contributed by atoms with E-state index in [4.69, 9.17) is 172 Å². The summed E-state index contributed by atoms with van der Waals surface area (Å²) < 4.78 is 99.7. The summed E-state index contributed by atoms with van der Waals surface area (Å²) in [6, 6.07) is 0. The molecule has 0 radical (unpaired) electrons. The molecule has 328 valence electrons. The maximum atomic E-state index is 10.8. The Hall–Kier alpha value is 7.36. The minimum absolute atomic E-state index is 0. The van der Waals surface area contributed by atoms with E-state index in [1.807, 2.05) is 0 Å². The van der Waals surface area contributed by atoms with Gasteiger partial charge in [-0.3, -0.25) is 54.6 Å². The molecule has 48 heteroatoms. The number of halogens is 8. The van der Waals surface area contributed by atoms with Gasteiger partial charge in [-0.05, 0) is 0 Å². The molecule has 28 nitrogen and oxygen atoms in total. The summed E-state index contributed by atoms with van der Waals surface area (Å²) in [5, 5.41) is 27.5. The van der Waals surface area contributed by atoms with Crippen LogP contribution in [0.4, 0.5) is 0 Å². The van der Waals surface area contributed by atoms with Gasteiger partial charge in [-0.15, -0.1) is 0 Å². The predicted molar refractivity (Wildman–Crippen MR) is 206 cm³/mol. The number of hydrogen-bond acceptors (Lipinski definition) is 16. The second kappa shape index (κ2) is 33.8. The Morgan fingerprint density at radius 2 is 0.375 bits per heavy atom. The zero-order chi connectivity index (χ0) is 43.4. The summed E-state index contributed by atoms with van der Waals surface area (Å²) in [5.41, 5.74) is -11.4. The second-order valence-corrected chi connectivity index (χ2v) is 27.1. The molecule has 0 aromatic rings. The first-order chi connectivity index (χ1) is 22.3.